The molecule has 1 aliphatic heterocycles. The molecular formula is C34H37N7O3. The van der Waals surface area contributed by atoms with Gasteiger partial charge in [0.05, 0.1) is 23.2 Å². The lowest BCUT2D eigenvalue weighted by molar-refractivity contribution is 0.120. The average Bonchev–Trinajstić information content (AvgIpc) is 3.69. The van der Waals surface area contributed by atoms with E-state index in [2.05, 4.69) is 46.7 Å². The largest absolute Gasteiger partial charge is 0.438 e. The van der Waals surface area contributed by atoms with Crippen molar-refractivity contribution in [3.63, 3.8) is 0 Å². The van der Waals surface area contributed by atoms with Gasteiger partial charge in [0.15, 0.2) is 0 Å². The summed E-state index contributed by atoms with van der Waals surface area (Å²) in [4.78, 5) is 22.2. The minimum Gasteiger partial charge on any atom is -0.438 e. The van der Waals surface area contributed by atoms with E-state index in [9.17, 15) is 4.79 Å². The Morgan fingerprint density at radius 3 is 2.57 bits per heavy atom. The van der Waals surface area contributed by atoms with Crippen LogP contribution >= 0.6 is 0 Å². The third-order valence-electron chi connectivity index (χ3n) is 7.49. The Bertz CT molecular complexity index is 1770. The molecule has 3 aromatic carbocycles. The van der Waals surface area contributed by atoms with Crippen LogP contribution in [0.5, 0.6) is 11.6 Å². The van der Waals surface area contributed by atoms with E-state index < -0.39 is 0 Å². The molecule has 6 rings (SSSR count). The van der Waals surface area contributed by atoms with Gasteiger partial charge in [0.2, 0.25) is 11.8 Å². The molecule has 226 valence electrons. The molecule has 44 heavy (non-hydrogen) atoms. The third kappa shape index (κ3) is 6.65. The van der Waals surface area contributed by atoms with Crippen molar-refractivity contribution in [3.05, 3.63) is 90.3 Å². The van der Waals surface area contributed by atoms with Crippen molar-refractivity contribution in [3.8, 4) is 17.3 Å². The molecule has 0 bridgehead atoms. The minimum absolute atomic E-state index is 0.174. The van der Waals surface area contributed by atoms with E-state index in [1.807, 2.05) is 73.7 Å². The predicted octanol–water partition coefficient (Wildman–Crippen LogP) is 7.45. The zero-order chi connectivity index (χ0) is 30.7. The molecule has 10 heteroatoms. The quantitative estimate of drug-likeness (QED) is 0.172. The van der Waals surface area contributed by atoms with E-state index in [1.165, 1.54) is 0 Å². The summed E-state index contributed by atoms with van der Waals surface area (Å²) in [5.41, 5.74) is 3.33. The molecule has 0 saturated carbocycles. The number of urea groups is 1. The van der Waals surface area contributed by atoms with Gasteiger partial charge in [-0.25, -0.2) is 14.5 Å². The number of carbonyl (C=O) groups is 1. The fraction of sp³-hybridized carbons (Fsp3) is 0.294. The second-order valence-corrected chi connectivity index (χ2v) is 12.0. The Morgan fingerprint density at radius 1 is 1.02 bits per heavy atom. The third-order valence-corrected chi connectivity index (χ3v) is 7.49. The lowest BCUT2D eigenvalue weighted by Crippen LogP contribution is -2.21. The molecule has 1 atom stereocenters. The van der Waals surface area contributed by atoms with Crippen LogP contribution in [0.4, 0.5) is 22.2 Å². The van der Waals surface area contributed by atoms with Crippen molar-refractivity contribution in [2.75, 3.05) is 29.1 Å². The maximum absolute atomic E-state index is 13.4. The van der Waals surface area contributed by atoms with Gasteiger partial charge in [0, 0.05) is 47.7 Å². The number of hydrogen-bond acceptors (Lipinski definition) is 7. The fourth-order valence-corrected chi connectivity index (χ4v) is 5.07. The first-order chi connectivity index (χ1) is 21.2. The molecule has 0 unspecified atom stereocenters. The van der Waals surface area contributed by atoms with Gasteiger partial charge in [-0.05, 0) is 44.0 Å². The minimum atomic E-state index is -0.379. The molecule has 3 heterocycles. The van der Waals surface area contributed by atoms with Gasteiger partial charge in [0.1, 0.15) is 11.6 Å². The number of aromatic nitrogens is 4. The molecular weight excluding hydrogens is 554 g/mol. The molecule has 10 nitrogen and oxygen atoms in total. The van der Waals surface area contributed by atoms with Crippen LogP contribution in [0.2, 0.25) is 0 Å². The van der Waals surface area contributed by atoms with E-state index in [-0.39, 0.29) is 17.6 Å². The van der Waals surface area contributed by atoms with E-state index in [1.54, 1.807) is 16.9 Å². The number of carbonyl (C=O) groups excluding carboxylic acids is 1. The maximum atomic E-state index is 13.4. The molecule has 0 aliphatic carbocycles. The summed E-state index contributed by atoms with van der Waals surface area (Å²) in [6, 6.07) is 22.7. The van der Waals surface area contributed by atoms with Crippen LogP contribution < -0.4 is 20.7 Å². The second kappa shape index (κ2) is 12.3. The second-order valence-electron chi connectivity index (χ2n) is 12.0. The molecule has 5 aromatic rings. The van der Waals surface area contributed by atoms with Gasteiger partial charge >= 0.3 is 6.03 Å². The lowest BCUT2D eigenvalue weighted by atomic mass is 9.92. The first kappa shape index (κ1) is 29.1. The molecule has 1 saturated heterocycles. The highest BCUT2D eigenvalue weighted by Gasteiger charge is 2.22. The summed E-state index contributed by atoms with van der Waals surface area (Å²) in [7, 11) is 0. The van der Waals surface area contributed by atoms with Crippen LogP contribution in [0.1, 0.15) is 44.9 Å². The molecule has 1 aliphatic rings. The number of nitrogens with zero attached hydrogens (tertiary/aromatic N) is 4. The predicted molar refractivity (Wildman–Crippen MR) is 173 cm³/mol. The van der Waals surface area contributed by atoms with Crippen molar-refractivity contribution < 1.29 is 14.3 Å². The molecule has 1 fully saturated rings. The van der Waals surface area contributed by atoms with Crippen LogP contribution in [-0.2, 0) is 10.2 Å². The number of benzene rings is 3. The summed E-state index contributed by atoms with van der Waals surface area (Å²) < 4.78 is 13.6. The number of anilines is 3. The Balaban J connectivity index is 1.21. The van der Waals surface area contributed by atoms with Crippen LogP contribution in [-0.4, -0.2) is 45.0 Å². The Kier molecular flexibility index (Phi) is 8.17. The monoisotopic (exact) mass is 591 g/mol. The van der Waals surface area contributed by atoms with Gasteiger partial charge in [-0.1, -0.05) is 62.7 Å². The summed E-state index contributed by atoms with van der Waals surface area (Å²) in [5, 5.41) is 15.7. The highest BCUT2D eigenvalue weighted by molar-refractivity contribution is 6.07. The highest BCUT2D eigenvalue weighted by Crippen LogP contribution is 2.34. The topological polar surface area (TPSA) is 115 Å². The zero-order valence-corrected chi connectivity index (χ0v) is 25.4. The van der Waals surface area contributed by atoms with Gasteiger partial charge in [-0.2, -0.15) is 10.1 Å². The van der Waals surface area contributed by atoms with E-state index in [4.69, 9.17) is 14.6 Å². The van der Waals surface area contributed by atoms with Crippen molar-refractivity contribution in [2.45, 2.75) is 52.1 Å². The Hall–Kier alpha value is -4.96. The molecule has 0 radical (unpaired) electrons. The highest BCUT2D eigenvalue weighted by atomic mass is 16.5. The standard InChI is InChI=1S/C34H37N7O3/c1-22-11-13-23(14-12-22)41-30(20-29(40-41)34(2,3)4)38-33(42)37-27-15-16-28(26-10-6-5-9-25(26)27)44-31-17-18-35-32(39-31)36-21-24-8-7-19-43-24/h5-6,9-18,20,24H,7-8,19,21H2,1-4H3,(H,35,36,39)(H2,37,38,42)/t24-/m0/s1. The molecule has 3 N–H and O–H groups in total. The van der Waals surface area contributed by atoms with Gasteiger partial charge in [-0.15, -0.1) is 0 Å². The summed E-state index contributed by atoms with van der Waals surface area (Å²) in [5.74, 6) is 2.09. The van der Waals surface area contributed by atoms with Gasteiger partial charge < -0.3 is 20.1 Å². The number of fused-ring (bicyclic) bond motifs is 1. The molecule has 2 amide bonds. The number of hydrogen-bond donors (Lipinski definition) is 3. The Morgan fingerprint density at radius 2 is 1.82 bits per heavy atom. The summed E-state index contributed by atoms with van der Waals surface area (Å²) in [6.45, 7) is 9.77. The number of amides is 2. The molecule has 0 spiro atoms. The van der Waals surface area contributed by atoms with Crippen molar-refractivity contribution in [1.82, 2.24) is 19.7 Å². The van der Waals surface area contributed by atoms with E-state index in [0.717, 1.165) is 47.2 Å². The van der Waals surface area contributed by atoms with Gasteiger partial charge in [0.25, 0.3) is 0 Å². The number of aryl methyl sites for hydroxylation is 1. The fourth-order valence-electron chi connectivity index (χ4n) is 5.07. The number of ether oxygens (including phenoxy) is 2. The van der Waals surface area contributed by atoms with Crippen molar-refractivity contribution in [1.29, 1.82) is 0 Å². The average molecular weight is 592 g/mol. The number of rotatable bonds is 8. The zero-order valence-electron chi connectivity index (χ0n) is 25.4. The summed E-state index contributed by atoms with van der Waals surface area (Å²) >= 11 is 0. The van der Waals surface area contributed by atoms with Crippen LogP contribution in [0.3, 0.4) is 0 Å². The van der Waals surface area contributed by atoms with Crippen LogP contribution in [0.15, 0.2) is 79.0 Å². The van der Waals surface area contributed by atoms with E-state index in [0.29, 0.717) is 35.6 Å². The smallest absolute Gasteiger partial charge is 0.324 e. The van der Waals surface area contributed by atoms with Crippen LogP contribution in [0, 0.1) is 6.92 Å². The van der Waals surface area contributed by atoms with Crippen LogP contribution in [0.25, 0.3) is 16.5 Å². The van der Waals surface area contributed by atoms with Crippen molar-refractivity contribution >= 4 is 34.3 Å². The SMILES string of the molecule is Cc1ccc(-n2nc(C(C)(C)C)cc2NC(=O)Nc2ccc(Oc3ccnc(NC[C@@H]4CCCO4)n3)c3ccccc23)cc1. The normalized spacial score (nSPS) is 14.9. The first-order valence-corrected chi connectivity index (χ1v) is 14.9. The van der Waals surface area contributed by atoms with E-state index >= 15 is 0 Å². The number of nitrogens with one attached hydrogen (secondary N) is 3. The summed E-state index contributed by atoms with van der Waals surface area (Å²) in [6.07, 6.45) is 3.94. The lowest BCUT2D eigenvalue weighted by Gasteiger charge is -2.14. The van der Waals surface area contributed by atoms with Crippen molar-refractivity contribution in [2.24, 2.45) is 0 Å². The van der Waals surface area contributed by atoms with Gasteiger partial charge in [-0.3, -0.25) is 5.32 Å². The first-order valence-electron chi connectivity index (χ1n) is 14.9. The Labute approximate surface area is 256 Å². The maximum Gasteiger partial charge on any atom is 0.324 e. The molecule has 2 aromatic heterocycles.